The summed E-state index contributed by atoms with van der Waals surface area (Å²) in [6, 6.07) is 30.9. The highest BCUT2D eigenvalue weighted by Gasteiger charge is 2.27. The van der Waals surface area contributed by atoms with Crippen LogP contribution in [0.2, 0.25) is 0 Å². The molecule has 5 rings (SSSR count). The molecule has 0 aliphatic carbocycles. The van der Waals surface area contributed by atoms with E-state index in [1.165, 1.54) is 4.52 Å². The Bertz CT molecular complexity index is 1480. The number of benzene rings is 3. The van der Waals surface area contributed by atoms with Gasteiger partial charge in [0.15, 0.2) is 0 Å². The Morgan fingerprint density at radius 1 is 0.875 bits per heavy atom. The first-order valence-corrected chi connectivity index (χ1v) is 10.5. The third kappa shape index (κ3) is 3.54. The molecule has 5 nitrogen and oxygen atoms in total. The third-order valence-electron chi connectivity index (χ3n) is 5.53. The number of hydrogen-bond donors (Lipinski definition) is 1. The molecule has 1 N–H and O–H groups in total. The van der Waals surface area contributed by atoms with Crippen LogP contribution in [0.4, 0.5) is 0 Å². The van der Waals surface area contributed by atoms with Crippen molar-refractivity contribution in [1.29, 1.82) is 0 Å². The molecule has 32 heavy (non-hydrogen) atoms. The second-order valence-corrected chi connectivity index (χ2v) is 7.80. The lowest BCUT2D eigenvalue weighted by molar-refractivity contribution is -0.581. The molecular formula is C27H22N3O2+. The van der Waals surface area contributed by atoms with E-state index in [1.807, 2.05) is 104 Å². The van der Waals surface area contributed by atoms with Crippen molar-refractivity contribution in [2.45, 2.75) is 13.3 Å². The zero-order valence-corrected chi connectivity index (χ0v) is 17.6. The molecule has 0 bridgehead atoms. The summed E-state index contributed by atoms with van der Waals surface area (Å²) in [5, 5.41) is 16.0. The molecule has 5 aromatic rings. The fraction of sp³-hybridized carbons (Fsp3) is 0.0741. The van der Waals surface area contributed by atoms with Crippen LogP contribution in [0.25, 0.3) is 22.6 Å². The standard InChI is InChI=1S/C27H21N3O2/c1-19-9-8-14-22(17-19)29-25-16-15-24(21-12-6-3-7-13-21)28-30(25)27(32)23(26(29)31)18-20-10-4-2-5-11-20/h2-17H,18H2,1H3/p+1. The molecule has 156 valence electrons. The van der Waals surface area contributed by atoms with E-state index in [1.54, 1.807) is 4.57 Å². The quantitative estimate of drug-likeness (QED) is 0.443. The monoisotopic (exact) mass is 420 g/mol. The number of aromatic hydroxyl groups is 1. The normalized spacial score (nSPS) is 11.0. The average Bonchev–Trinajstić information content (AvgIpc) is 2.83. The number of aromatic nitrogens is 3. The first-order valence-electron chi connectivity index (χ1n) is 10.5. The SMILES string of the molecule is Cc1cccc(-[n+]2c(O)c(Cc3ccccc3)c(=O)n3nc(-c4ccccc4)ccc32)c1. The van der Waals surface area contributed by atoms with E-state index in [0.29, 0.717) is 23.3 Å². The Morgan fingerprint density at radius 2 is 1.59 bits per heavy atom. The maximum absolute atomic E-state index is 13.5. The lowest BCUT2D eigenvalue weighted by atomic mass is 10.1. The summed E-state index contributed by atoms with van der Waals surface area (Å²) in [6.07, 6.45) is 0.303. The van der Waals surface area contributed by atoms with Gasteiger partial charge in [0.05, 0.1) is 0 Å². The number of rotatable bonds is 4. The van der Waals surface area contributed by atoms with E-state index in [4.69, 9.17) is 0 Å². The van der Waals surface area contributed by atoms with E-state index in [2.05, 4.69) is 5.10 Å². The van der Waals surface area contributed by atoms with Crippen molar-refractivity contribution in [1.82, 2.24) is 9.61 Å². The second kappa shape index (κ2) is 8.12. The molecule has 5 heteroatoms. The van der Waals surface area contributed by atoms with Crippen molar-refractivity contribution in [2.75, 3.05) is 0 Å². The van der Waals surface area contributed by atoms with Crippen LogP contribution in [-0.2, 0) is 6.42 Å². The van der Waals surface area contributed by atoms with E-state index >= 15 is 0 Å². The maximum atomic E-state index is 13.5. The molecular weight excluding hydrogens is 398 g/mol. The molecule has 0 aliphatic rings. The first kappa shape index (κ1) is 19.7. The molecule has 0 spiro atoms. The van der Waals surface area contributed by atoms with Crippen LogP contribution in [0.5, 0.6) is 5.88 Å². The van der Waals surface area contributed by atoms with Crippen molar-refractivity contribution in [3.05, 3.63) is 124 Å². The van der Waals surface area contributed by atoms with Crippen LogP contribution in [0, 0.1) is 6.92 Å². The van der Waals surface area contributed by atoms with Gasteiger partial charge in [-0.3, -0.25) is 0 Å². The van der Waals surface area contributed by atoms with Gasteiger partial charge < -0.3 is 5.11 Å². The average molecular weight is 420 g/mol. The number of aryl methyl sites for hydroxylation is 1. The van der Waals surface area contributed by atoms with Crippen LogP contribution in [0.15, 0.2) is 102 Å². The Morgan fingerprint density at radius 3 is 2.31 bits per heavy atom. The van der Waals surface area contributed by atoms with Crippen molar-refractivity contribution < 1.29 is 9.67 Å². The van der Waals surface area contributed by atoms with E-state index in [9.17, 15) is 9.90 Å². The Labute approximate surface area is 185 Å². The lowest BCUT2D eigenvalue weighted by Crippen LogP contribution is -2.40. The van der Waals surface area contributed by atoms with Crippen molar-refractivity contribution in [3.8, 4) is 22.8 Å². The summed E-state index contributed by atoms with van der Waals surface area (Å²) >= 11 is 0. The number of hydrogen-bond acceptors (Lipinski definition) is 3. The molecule has 0 aliphatic heterocycles. The van der Waals surface area contributed by atoms with Gasteiger partial charge in [-0.25, -0.2) is 4.79 Å². The van der Waals surface area contributed by atoms with Crippen LogP contribution < -0.4 is 10.1 Å². The molecule has 0 saturated heterocycles. The fourth-order valence-electron chi connectivity index (χ4n) is 3.94. The molecule has 0 atom stereocenters. The molecule has 0 amide bonds. The summed E-state index contributed by atoms with van der Waals surface area (Å²) in [5.74, 6) is -0.0706. The van der Waals surface area contributed by atoms with Crippen molar-refractivity contribution in [3.63, 3.8) is 0 Å². The van der Waals surface area contributed by atoms with Gasteiger partial charge in [-0.2, -0.15) is 4.57 Å². The van der Waals surface area contributed by atoms with E-state index in [-0.39, 0.29) is 11.4 Å². The molecule has 0 saturated carbocycles. The van der Waals surface area contributed by atoms with Crippen LogP contribution >= 0.6 is 0 Å². The van der Waals surface area contributed by atoms with E-state index < -0.39 is 0 Å². The molecule has 0 unspecified atom stereocenters. The highest BCUT2D eigenvalue weighted by Crippen LogP contribution is 2.20. The predicted molar refractivity (Wildman–Crippen MR) is 124 cm³/mol. The molecule has 0 radical (unpaired) electrons. The topological polar surface area (TPSA) is 58.5 Å². The summed E-state index contributed by atoms with van der Waals surface area (Å²) in [4.78, 5) is 13.5. The Balaban J connectivity index is 1.81. The predicted octanol–water partition coefficient (Wildman–Crippen LogP) is 4.24. The van der Waals surface area contributed by atoms with Crippen LogP contribution in [-0.4, -0.2) is 14.7 Å². The zero-order valence-electron chi connectivity index (χ0n) is 17.6. The van der Waals surface area contributed by atoms with Gasteiger partial charge in [-0.15, -0.1) is 0 Å². The van der Waals surface area contributed by atoms with Gasteiger partial charge in [0.1, 0.15) is 16.9 Å². The third-order valence-corrected chi connectivity index (χ3v) is 5.53. The van der Waals surface area contributed by atoms with Gasteiger partial charge in [0, 0.05) is 18.1 Å². The minimum Gasteiger partial charge on any atom is -0.477 e. The summed E-state index contributed by atoms with van der Waals surface area (Å²) < 4.78 is 3.08. The van der Waals surface area contributed by atoms with Crippen molar-refractivity contribution >= 4 is 5.65 Å². The molecule has 0 fully saturated rings. The minimum absolute atomic E-state index is 0.0706. The first-order chi connectivity index (χ1) is 15.6. The summed E-state index contributed by atoms with van der Waals surface area (Å²) in [5.41, 5.74) is 4.83. The van der Waals surface area contributed by atoms with Gasteiger partial charge in [-0.1, -0.05) is 82.4 Å². The van der Waals surface area contributed by atoms with Gasteiger partial charge >= 0.3 is 11.2 Å². The fourth-order valence-corrected chi connectivity index (χ4v) is 3.94. The number of nitrogens with zero attached hydrogens (tertiary/aromatic N) is 3. The minimum atomic E-state index is -0.331. The molecule has 2 heterocycles. The summed E-state index contributed by atoms with van der Waals surface area (Å²) in [7, 11) is 0. The highest BCUT2D eigenvalue weighted by atomic mass is 16.3. The maximum Gasteiger partial charge on any atom is 0.370 e. The van der Waals surface area contributed by atoms with Gasteiger partial charge in [0.25, 0.3) is 5.88 Å². The lowest BCUT2D eigenvalue weighted by Gasteiger charge is -2.10. The molecule has 3 aromatic carbocycles. The highest BCUT2D eigenvalue weighted by molar-refractivity contribution is 5.59. The van der Waals surface area contributed by atoms with Gasteiger partial charge in [-0.05, 0) is 36.2 Å². The van der Waals surface area contributed by atoms with Crippen LogP contribution in [0.1, 0.15) is 16.7 Å². The largest absolute Gasteiger partial charge is 0.477 e. The smallest absolute Gasteiger partial charge is 0.370 e. The number of fused-ring (bicyclic) bond motifs is 1. The summed E-state index contributed by atoms with van der Waals surface area (Å²) in [6.45, 7) is 2.00. The van der Waals surface area contributed by atoms with Crippen molar-refractivity contribution in [2.24, 2.45) is 0 Å². The molecule has 2 aromatic heterocycles. The van der Waals surface area contributed by atoms with Gasteiger partial charge in [0.2, 0.25) is 0 Å². The Kier molecular flexibility index (Phi) is 5.00. The Hall–Kier alpha value is -4.25. The van der Waals surface area contributed by atoms with Crippen LogP contribution in [0.3, 0.4) is 0 Å². The second-order valence-electron chi connectivity index (χ2n) is 7.80. The zero-order chi connectivity index (χ0) is 22.1. The van der Waals surface area contributed by atoms with E-state index in [0.717, 1.165) is 22.4 Å².